The Kier molecular flexibility index (Phi) is 10.0. The number of rotatable bonds is 11. The number of halogens is 3. The van der Waals surface area contributed by atoms with Gasteiger partial charge in [0.15, 0.2) is 0 Å². The lowest BCUT2D eigenvalue weighted by Gasteiger charge is -2.38. The van der Waals surface area contributed by atoms with E-state index in [2.05, 4.69) is 27.0 Å². The van der Waals surface area contributed by atoms with Gasteiger partial charge in [0.2, 0.25) is 5.82 Å². The summed E-state index contributed by atoms with van der Waals surface area (Å²) in [4.78, 5) is 53.4. The molecule has 51 heavy (non-hydrogen) atoms. The number of ether oxygens (including phenoxy) is 1. The minimum Gasteiger partial charge on any atom is -0.378 e. The summed E-state index contributed by atoms with van der Waals surface area (Å²) in [5, 5.41) is 7.28. The van der Waals surface area contributed by atoms with Gasteiger partial charge in [-0.1, -0.05) is 49.0 Å². The van der Waals surface area contributed by atoms with Crippen molar-refractivity contribution in [3.63, 3.8) is 0 Å². The smallest absolute Gasteiger partial charge is 0.378 e. The Bertz CT molecular complexity index is 1950. The van der Waals surface area contributed by atoms with E-state index in [4.69, 9.17) is 4.74 Å². The summed E-state index contributed by atoms with van der Waals surface area (Å²) < 4.78 is 47.2. The van der Waals surface area contributed by atoms with Gasteiger partial charge < -0.3 is 15.0 Å². The van der Waals surface area contributed by atoms with Crippen molar-refractivity contribution in [2.45, 2.75) is 37.6 Å². The van der Waals surface area contributed by atoms with Crippen LogP contribution in [-0.2, 0) is 27.0 Å². The topological polar surface area (TPSA) is 126 Å². The summed E-state index contributed by atoms with van der Waals surface area (Å²) in [6, 6.07) is 16.1. The third-order valence-electron chi connectivity index (χ3n) is 9.04. The number of alkyl halides is 3. The van der Waals surface area contributed by atoms with Crippen LogP contribution in [0.5, 0.6) is 0 Å². The zero-order valence-electron chi connectivity index (χ0n) is 28.3. The largest absolute Gasteiger partial charge is 0.433 e. The third kappa shape index (κ3) is 7.25. The van der Waals surface area contributed by atoms with Crippen LogP contribution in [0.2, 0.25) is 0 Å². The van der Waals surface area contributed by atoms with Crippen molar-refractivity contribution >= 4 is 23.5 Å². The van der Waals surface area contributed by atoms with Crippen LogP contribution in [0.25, 0.3) is 5.69 Å². The van der Waals surface area contributed by atoms with Gasteiger partial charge in [-0.3, -0.25) is 24.2 Å². The number of para-hydroxylation sites is 1. The Morgan fingerprint density at radius 3 is 2.49 bits per heavy atom. The summed E-state index contributed by atoms with van der Waals surface area (Å²) in [6.07, 6.45) is -2.33. The average Bonchev–Trinajstić information content (AvgIpc) is 3.52. The first-order valence-corrected chi connectivity index (χ1v) is 16.3. The molecule has 12 nitrogen and oxygen atoms in total. The molecule has 1 saturated heterocycles. The number of hydrogen-bond donors (Lipinski definition) is 1. The van der Waals surface area contributed by atoms with E-state index in [0.29, 0.717) is 54.0 Å². The molecule has 1 N–H and O–H groups in total. The Hall–Kier alpha value is -5.41. The highest BCUT2D eigenvalue weighted by atomic mass is 19.4. The number of likely N-dealkylation sites (N-methyl/N-ethyl adjacent to an activating group) is 3. The van der Waals surface area contributed by atoms with Crippen molar-refractivity contribution in [1.82, 2.24) is 34.9 Å². The van der Waals surface area contributed by atoms with E-state index in [0.717, 1.165) is 11.8 Å². The number of hydrogen-bond acceptors (Lipinski definition) is 8. The molecule has 4 heterocycles. The highest BCUT2D eigenvalue weighted by molar-refractivity contribution is 6.04. The van der Waals surface area contributed by atoms with Crippen LogP contribution in [0, 0.1) is 0 Å². The van der Waals surface area contributed by atoms with Crippen molar-refractivity contribution in [3.05, 3.63) is 113 Å². The van der Waals surface area contributed by atoms with Crippen molar-refractivity contribution in [2.75, 3.05) is 45.3 Å². The molecular formula is C36H37F3N8O4. The Morgan fingerprint density at radius 2 is 1.82 bits per heavy atom. The lowest BCUT2D eigenvalue weighted by Crippen LogP contribution is -2.55. The monoisotopic (exact) mass is 702 g/mol. The maximum Gasteiger partial charge on any atom is 0.433 e. The summed E-state index contributed by atoms with van der Waals surface area (Å²) in [5.41, 5.74) is 1.81. The predicted molar refractivity (Wildman–Crippen MR) is 181 cm³/mol. The van der Waals surface area contributed by atoms with E-state index in [1.54, 1.807) is 41.9 Å². The second kappa shape index (κ2) is 14.4. The van der Waals surface area contributed by atoms with Gasteiger partial charge in [0.1, 0.15) is 17.6 Å². The second-order valence-corrected chi connectivity index (χ2v) is 12.6. The standard InChI is InChI=1S/C36H37F3N8O4/c1-5-46-33-27(17-41-47(33)25-12-7-6-8-13-25)29(30(35(46)50)43-32(48)31-40-15-14-28(42-31)36(37,38)39)24-11-9-10-23(16-24)19-45(4)34(49)22(2)18-44(3)26-20-51-21-26/h6-17,26,29-30H,2,5,18-21H2,1,3-4H3,(H,43,48)/t29-,30+/m1/s1. The molecule has 0 spiro atoms. The number of nitrogens with one attached hydrogen (secondary N) is 1. The van der Waals surface area contributed by atoms with Crippen LogP contribution in [0.15, 0.2) is 85.2 Å². The first-order valence-electron chi connectivity index (χ1n) is 16.3. The van der Waals surface area contributed by atoms with Crippen LogP contribution in [-0.4, -0.2) is 99.8 Å². The fourth-order valence-electron chi connectivity index (χ4n) is 6.33. The molecule has 15 heteroatoms. The maximum atomic E-state index is 14.3. The number of nitrogens with zero attached hydrogens (tertiary/aromatic N) is 7. The number of anilines is 1. The number of carbonyl (C=O) groups is 3. The van der Waals surface area contributed by atoms with Gasteiger partial charge in [0.25, 0.3) is 17.7 Å². The number of aromatic nitrogens is 4. The minimum atomic E-state index is -4.80. The van der Waals surface area contributed by atoms with E-state index < -0.39 is 41.5 Å². The second-order valence-electron chi connectivity index (χ2n) is 12.6. The number of fused-ring (bicyclic) bond motifs is 1. The zero-order chi connectivity index (χ0) is 36.4. The lowest BCUT2D eigenvalue weighted by molar-refractivity contribution is -0.141. The highest BCUT2D eigenvalue weighted by Gasteiger charge is 2.45. The normalized spacial score (nSPS) is 17.5. The molecule has 2 aromatic carbocycles. The Labute approximate surface area is 292 Å². The van der Waals surface area contributed by atoms with E-state index in [1.807, 2.05) is 54.4 Å². The molecular weight excluding hydrogens is 665 g/mol. The summed E-state index contributed by atoms with van der Waals surface area (Å²) >= 11 is 0. The van der Waals surface area contributed by atoms with Gasteiger partial charge in [-0.25, -0.2) is 14.6 Å². The molecule has 4 aromatic rings. The van der Waals surface area contributed by atoms with Gasteiger partial charge in [0, 0.05) is 49.9 Å². The van der Waals surface area contributed by atoms with Crippen LogP contribution < -0.4 is 10.2 Å². The zero-order valence-corrected chi connectivity index (χ0v) is 28.3. The molecule has 1 fully saturated rings. The van der Waals surface area contributed by atoms with Crippen LogP contribution >= 0.6 is 0 Å². The molecule has 0 radical (unpaired) electrons. The van der Waals surface area contributed by atoms with E-state index in [-0.39, 0.29) is 25.0 Å². The SMILES string of the molecule is C=C(CN(C)C1COC1)C(=O)N(C)Cc1cccc([C@@H]2c3cnn(-c4ccccc4)c3N(CC)C(=O)[C@H]2NC(=O)c2nccc(C(F)(F)F)n2)c1. The summed E-state index contributed by atoms with van der Waals surface area (Å²) in [5.74, 6) is -2.82. The molecule has 0 aliphatic carbocycles. The van der Waals surface area contributed by atoms with Crippen molar-refractivity contribution < 1.29 is 32.3 Å². The van der Waals surface area contributed by atoms with Crippen molar-refractivity contribution in [1.29, 1.82) is 0 Å². The number of amides is 3. The molecule has 6 rings (SSSR count). The average molecular weight is 703 g/mol. The maximum absolute atomic E-state index is 14.3. The number of carbonyl (C=O) groups excluding carboxylic acids is 3. The van der Waals surface area contributed by atoms with Crippen LogP contribution in [0.4, 0.5) is 19.0 Å². The summed E-state index contributed by atoms with van der Waals surface area (Å²) in [7, 11) is 3.60. The van der Waals surface area contributed by atoms with Gasteiger partial charge in [-0.05, 0) is 43.3 Å². The Morgan fingerprint density at radius 1 is 1.08 bits per heavy atom. The molecule has 2 atom stereocenters. The lowest BCUT2D eigenvalue weighted by atomic mass is 9.82. The van der Waals surface area contributed by atoms with Crippen molar-refractivity contribution in [2.24, 2.45) is 0 Å². The van der Waals surface area contributed by atoms with Gasteiger partial charge >= 0.3 is 6.18 Å². The predicted octanol–water partition coefficient (Wildman–Crippen LogP) is 3.82. The highest BCUT2D eigenvalue weighted by Crippen LogP contribution is 2.41. The minimum absolute atomic E-state index is 0.212. The summed E-state index contributed by atoms with van der Waals surface area (Å²) in [6.45, 7) is 7.83. The van der Waals surface area contributed by atoms with Gasteiger partial charge in [0.05, 0.1) is 31.1 Å². The van der Waals surface area contributed by atoms with Crippen LogP contribution in [0.1, 0.15) is 45.8 Å². The third-order valence-corrected chi connectivity index (χ3v) is 9.04. The van der Waals surface area contributed by atoms with Crippen molar-refractivity contribution in [3.8, 4) is 5.69 Å². The molecule has 0 saturated carbocycles. The molecule has 2 aliphatic rings. The number of benzene rings is 2. The first kappa shape index (κ1) is 35.4. The molecule has 266 valence electrons. The van der Waals surface area contributed by atoms with E-state index in [1.165, 1.54) is 4.90 Å². The quantitative estimate of drug-likeness (QED) is 0.234. The molecule has 0 unspecified atom stereocenters. The van der Waals surface area contributed by atoms with Gasteiger partial charge in [-0.15, -0.1) is 0 Å². The fourth-order valence-corrected chi connectivity index (χ4v) is 6.33. The Balaban J connectivity index is 1.35. The first-order chi connectivity index (χ1) is 24.4. The van der Waals surface area contributed by atoms with Gasteiger partial charge in [-0.2, -0.15) is 18.3 Å². The van der Waals surface area contributed by atoms with Crippen LogP contribution in [0.3, 0.4) is 0 Å². The van der Waals surface area contributed by atoms with E-state index in [9.17, 15) is 27.6 Å². The molecule has 0 bridgehead atoms. The molecule has 3 amide bonds. The fraction of sp³-hybridized carbons (Fsp3) is 0.333. The molecule has 2 aromatic heterocycles. The molecule has 2 aliphatic heterocycles. The van der Waals surface area contributed by atoms with E-state index >= 15 is 0 Å².